The zero-order chi connectivity index (χ0) is 13.0. The predicted octanol–water partition coefficient (Wildman–Crippen LogP) is 0.0678. The van der Waals surface area contributed by atoms with Crippen LogP contribution in [0.1, 0.15) is 12.8 Å². The molecule has 1 saturated heterocycles. The van der Waals surface area contributed by atoms with Gasteiger partial charge in [0.2, 0.25) is 5.91 Å². The monoisotopic (exact) mass is 251 g/mol. The summed E-state index contributed by atoms with van der Waals surface area (Å²) in [5.74, 6) is 0.255. The molecule has 18 heavy (non-hydrogen) atoms. The van der Waals surface area contributed by atoms with Crippen molar-refractivity contribution in [1.82, 2.24) is 20.4 Å². The van der Waals surface area contributed by atoms with Gasteiger partial charge in [0.25, 0.3) is 0 Å². The number of aryl methyl sites for hydroxylation is 1. The maximum absolute atomic E-state index is 11.8. The van der Waals surface area contributed by atoms with E-state index >= 15 is 0 Å². The summed E-state index contributed by atoms with van der Waals surface area (Å²) < 4.78 is 1.52. The van der Waals surface area contributed by atoms with Crippen LogP contribution in [0.15, 0.2) is 12.3 Å². The lowest BCUT2D eigenvalue weighted by Gasteiger charge is -2.21. The molecule has 2 rings (SSSR count). The lowest BCUT2D eigenvalue weighted by molar-refractivity contribution is -0.124. The Bertz CT molecular complexity index is 436. The summed E-state index contributed by atoms with van der Waals surface area (Å²) in [7, 11) is 1.71. The highest BCUT2D eigenvalue weighted by Crippen LogP contribution is 2.11. The second-order valence-electron chi connectivity index (χ2n) is 4.31. The highest BCUT2D eigenvalue weighted by molar-refractivity contribution is 6.01. The Hall–Kier alpha value is -1.89. The maximum atomic E-state index is 11.8. The van der Waals surface area contributed by atoms with Crippen molar-refractivity contribution in [1.29, 1.82) is 0 Å². The van der Waals surface area contributed by atoms with Gasteiger partial charge in [-0.25, -0.2) is 4.79 Å². The Morgan fingerprint density at radius 1 is 1.44 bits per heavy atom. The van der Waals surface area contributed by atoms with Gasteiger partial charge in [-0.15, -0.1) is 0 Å². The number of nitrogens with zero attached hydrogens (tertiary/aromatic N) is 2. The van der Waals surface area contributed by atoms with Crippen LogP contribution in [0.4, 0.5) is 10.6 Å². The van der Waals surface area contributed by atoms with Crippen LogP contribution >= 0.6 is 0 Å². The van der Waals surface area contributed by atoms with Crippen LogP contribution in [-0.4, -0.2) is 34.8 Å². The van der Waals surface area contributed by atoms with Crippen molar-refractivity contribution >= 4 is 17.8 Å². The minimum absolute atomic E-state index is 0.0801. The molecule has 0 unspecified atom stereocenters. The molecule has 0 saturated carbocycles. The summed E-state index contributed by atoms with van der Waals surface area (Å²) in [4.78, 5) is 23.4. The van der Waals surface area contributed by atoms with E-state index in [9.17, 15) is 9.59 Å². The van der Waals surface area contributed by atoms with E-state index in [2.05, 4.69) is 21.0 Å². The van der Waals surface area contributed by atoms with E-state index in [0.29, 0.717) is 5.82 Å². The van der Waals surface area contributed by atoms with E-state index in [1.54, 1.807) is 19.3 Å². The van der Waals surface area contributed by atoms with Crippen molar-refractivity contribution < 1.29 is 9.59 Å². The SMILES string of the molecule is Cn1nccc1NC(=O)NC(=O)C1CCNCC1. The Morgan fingerprint density at radius 3 is 2.78 bits per heavy atom. The topological polar surface area (TPSA) is 88.1 Å². The predicted molar refractivity (Wildman–Crippen MR) is 66.0 cm³/mol. The molecule has 2 heterocycles. The summed E-state index contributed by atoms with van der Waals surface area (Å²) in [5, 5.41) is 12.0. The van der Waals surface area contributed by atoms with Crippen molar-refractivity contribution in [2.24, 2.45) is 13.0 Å². The largest absolute Gasteiger partial charge is 0.327 e. The second kappa shape index (κ2) is 5.63. The normalized spacial score (nSPS) is 16.3. The number of urea groups is 1. The van der Waals surface area contributed by atoms with Gasteiger partial charge >= 0.3 is 6.03 Å². The van der Waals surface area contributed by atoms with Gasteiger partial charge in [-0.3, -0.25) is 20.1 Å². The van der Waals surface area contributed by atoms with E-state index in [0.717, 1.165) is 25.9 Å². The van der Waals surface area contributed by atoms with Crippen LogP contribution in [0.2, 0.25) is 0 Å². The number of nitrogens with one attached hydrogen (secondary N) is 3. The molecule has 1 aromatic rings. The van der Waals surface area contributed by atoms with Crippen molar-refractivity contribution in [3.8, 4) is 0 Å². The quantitative estimate of drug-likeness (QED) is 0.694. The number of hydrogen-bond acceptors (Lipinski definition) is 4. The van der Waals surface area contributed by atoms with Gasteiger partial charge in [-0.1, -0.05) is 0 Å². The second-order valence-corrected chi connectivity index (χ2v) is 4.31. The number of rotatable bonds is 2. The first-order valence-electron chi connectivity index (χ1n) is 5.97. The van der Waals surface area contributed by atoms with E-state index in [4.69, 9.17) is 0 Å². The van der Waals surface area contributed by atoms with Crippen LogP contribution < -0.4 is 16.0 Å². The van der Waals surface area contributed by atoms with Gasteiger partial charge in [0.15, 0.2) is 0 Å². The lowest BCUT2D eigenvalue weighted by atomic mass is 9.97. The van der Waals surface area contributed by atoms with Crippen LogP contribution in [-0.2, 0) is 11.8 Å². The molecule has 7 nitrogen and oxygen atoms in total. The third kappa shape index (κ3) is 3.07. The summed E-state index contributed by atoms with van der Waals surface area (Å²) >= 11 is 0. The zero-order valence-corrected chi connectivity index (χ0v) is 10.3. The standard InChI is InChI=1S/C11H17N5O2/c1-16-9(4-7-13-16)14-11(18)15-10(17)8-2-5-12-6-3-8/h4,7-8,12H,2-3,5-6H2,1H3,(H2,14,15,17,18). The summed E-state index contributed by atoms with van der Waals surface area (Å²) in [5.41, 5.74) is 0. The van der Waals surface area contributed by atoms with Crippen LogP contribution in [0.3, 0.4) is 0 Å². The number of hydrogen-bond donors (Lipinski definition) is 3. The molecule has 0 atom stereocenters. The molecule has 0 spiro atoms. The number of carbonyl (C=O) groups excluding carboxylic acids is 2. The van der Waals surface area contributed by atoms with Gasteiger partial charge in [0.1, 0.15) is 5.82 Å². The molecule has 1 fully saturated rings. The first-order valence-corrected chi connectivity index (χ1v) is 5.97. The molecule has 0 aromatic carbocycles. The van der Waals surface area contributed by atoms with Crippen molar-refractivity contribution in [3.05, 3.63) is 12.3 Å². The van der Waals surface area contributed by atoms with Crippen molar-refractivity contribution in [3.63, 3.8) is 0 Å². The third-order valence-corrected chi connectivity index (χ3v) is 3.01. The van der Waals surface area contributed by atoms with E-state index < -0.39 is 6.03 Å². The summed E-state index contributed by atoms with van der Waals surface area (Å²) in [6.07, 6.45) is 3.11. The molecule has 98 valence electrons. The number of anilines is 1. The maximum Gasteiger partial charge on any atom is 0.327 e. The average molecular weight is 251 g/mol. The third-order valence-electron chi connectivity index (χ3n) is 3.01. The van der Waals surface area contributed by atoms with Crippen LogP contribution in [0.5, 0.6) is 0 Å². The fourth-order valence-electron chi connectivity index (χ4n) is 1.94. The molecule has 7 heteroatoms. The lowest BCUT2D eigenvalue weighted by Crippen LogP contribution is -2.42. The fraction of sp³-hybridized carbons (Fsp3) is 0.545. The molecule has 1 aliphatic heterocycles. The Morgan fingerprint density at radius 2 is 2.17 bits per heavy atom. The molecule has 1 aliphatic rings. The van der Waals surface area contributed by atoms with Gasteiger partial charge in [-0.05, 0) is 25.9 Å². The fourth-order valence-corrected chi connectivity index (χ4v) is 1.94. The number of aromatic nitrogens is 2. The highest BCUT2D eigenvalue weighted by atomic mass is 16.2. The number of carbonyl (C=O) groups is 2. The molecular formula is C11H17N5O2. The first kappa shape index (κ1) is 12.6. The molecule has 0 bridgehead atoms. The molecule has 1 aromatic heterocycles. The summed E-state index contributed by atoms with van der Waals surface area (Å²) in [6.45, 7) is 1.64. The number of imide groups is 1. The van der Waals surface area contributed by atoms with E-state index in [1.807, 2.05) is 0 Å². The first-order chi connectivity index (χ1) is 8.66. The van der Waals surface area contributed by atoms with Crippen molar-refractivity contribution in [2.75, 3.05) is 18.4 Å². The number of amides is 3. The molecule has 3 N–H and O–H groups in total. The average Bonchev–Trinajstić information content (AvgIpc) is 2.76. The van der Waals surface area contributed by atoms with Gasteiger partial charge < -0.3 is 5.32 Å². The van der Waals surface area contributed by atoms with Gasteiger partial charge in [0, 0.05) is 19.0 Å². The molecule has 0 aliphatic carbocycles. The minimum atomic E-state index is -0.512. The highest BCUT2D eigenvalue weighted by Gasteiger charge is 2.22. The zero-order valence-electron chi connectivity index (χ0n) is 10.3. The molecule has 0 radical (unpaired) electrons. The smallest absolute Gasteiger partial charge is 0.317 e. The molecule has 3 amide bonds. The Kier molecular flexibility index (Phi) is 3.93. The summed E-state index contributed by atoms with van der Waals surface area (Å²) in [6, 6.07) is 1.15. The van der Waals surface area contributed by atoms with E-state index in [-0.39, 0.29) is 11.8 Å². The van der Waals surface area contributed by atoms with E-state index in [1.165, 1.54) is 4.68 Å². The minimum Gasteiger partial charge on any atom is -0.317 e. The van der Waals surface area contributed by atoms with Gasteiger partial charge in [-0.2, -0.15) is 5.10 Å². The van der Waals surface area contributed by atoms with Crippen molar-refractivity contribution in [2.45, 2.75) is 12.8 Å². The molecular weight excluding hydrogens is 234 g/mol. The Balaban J connectivity index is 1.83. The van der Waals surface area contributed by atoms with Crippen LogP contribution in [0, 0.1) is 5.92 Å². The van der Waals surface area contributed by atoms with Gasteiger partial charge in [0.05, 0.1) is 6.20 Å². The Labute approximate surface area is 105 Å². The number of piperidine rings is 1. The van der Waals surface area contributed by atoms with Crippen LogP contribution in [0.25, 0.3) is 0 Å².